The number of aliphatic hydroxyl groups is 1. The molecule has 2 atom stereocenters. The number of fused-ring (bicyclic) bond motifs is 2. The van der Waals surface area contributed by atoms with Crippen molar-refractivity contribution in [2.24, 2.45) is 4.99 Å². The number of carbonyl (C=O) groups is 1. The summed E-state index contributed by atoms with van der Waals surface area (Å²) in [5, 5.41) is 10.1. The summed E-state index contributed by atoms with van der Waals surface area (Å²) < 4.78 is 11.6. The lowest BCUT2D eigenvalue weighted by molar-refractivity contribution is -0.0377. The largest absolute Gasteiger partial charge is 0.457 e. The minimum atomic E-state index is -0.775. The number of likely N-dealkylation sites (tertiary alicyclic amines) is 1. The second-order valence-corrected chi connectivity index (χ2v) is 7.04. The van der Waals surface area contributed by atoms with Crippen molar-refractivity contribution >= 4 is 12.0 Å². The van der Waals surface area contributed by atoms with Gasteiger partial charge in [-0.25, -0.2) is 4.79 Å². The molecule has 1 saturated heterocycles. The van der Waals surface area contributed by atoms with Crippen LogP contribution in [0.15, 0.2) is 29.3 Å². The molecule has 0 bridgehead atoms. The Kier molecular flexibility index (Phi) is 4.15. The zero-order valence-corrected chi connectivity index (χ0v) is 14.5. The predicted molar refractivity (Wildman–Crippen MR) is 92.2 cm³/mol. The minimum absolute atomic E-state index is 0.228. The molecule has 4 rings (SSSR count). The van der Waals surface area contributed by atoms with Crippen LogP contribution >= 0.6 is 0 Å². The first-order valence-corrected chi connectivity index (χ1v) is 9.13. The van der Waals surface area contributed by atoms with E-state index in [1.807, 2.05) is 24.3 Å². The Labute approximate surface area is 147 Å². The average molecular weight is 344 g/mol. The molecule has 0 amide bonds. The number of unbranched alkanes of at least 4 members (excludes halogenated alkanes) is 1. The fourth-order valence-electron chi connectivity index (χ4n) is 3.97. The number of amidine groups is 1. The van der Waals surface area contributed by atoms with Gasteiger partial charge in [0.2, 0.25) is 0 Å². The topological polar surface area (TPSA) is 71.4 Å². The molecule has 0 radical (unpaired) electrons. The van der Waals surface area contributed by atoms with Gasteiger partial charge in [0, 0.05) is 31.5 Å². The first-order valence-electron chi connectivity index (χ1n) is 9.13. The zero-order valence-electron chi connectivity index (χ0n) is 14.5. The number of hydrogen-bond acceptors (Lipinski definition) is 6. The number of esters is 1. The first-order chi connectivity index (χ1) is 12.1. The number of piperidine rings is 1. The molecule has 1 aromatic carbocycles. The van der Waals surface area contributed by atoms with Gasteiger partial charge in [-0.15, -0.1) is 0 Å². The Morgan fingerprint density at radius 1 is 1.32 bits per heavy atom. The van der Waals surface area contributed by atoms with Crippen LogP contribution in [0.5, 0.6) is 0 Å². The van der Waals surface area contributed by atoms with Crippen molar-refractivity contribution in [3.63, 3.8) is 0 Å². The molecule has 1 spiro atoms. The number of rotatable bonds is 3. The Morgan fingerprint density at radius 3 is 2.84 bits per heavy atom. The molecule has 0 aliphatic carbocycles. The molecule has 3 aliphatic heterocycles. The zero-order chi connectivity index (χ0) is 17.4. The number of nitrogens with zero attached hydrogens (tertiary/aromatic N) is 2. The maximum absolute atomic E-state index is 12.1. The summed E-state index contributed by atoms with van der Waals surface area (Å²) in [7, 11) is 0. The lowest BCUT2D eigenvalue weighted by Gasteiger charge is -2.38. The van der Waals surface area contributed by atoms with E-state index in [-0.39, 0.29) is 12.1 Å². The van der Waals surface area contributed by atoms with E-state index in [1.165, 1.54) is 0 Å². The van der Waals surface area contributed by atoms with Crippen LogP contribution in [-0.2, 0) is 15.1 Å². The van der Waals surface area contributed by atoms with Gasteiger partial charge in [-0.05, 0) is 18.9 Å². The highest BCUT2D eigenvalue weighted by molar-refractivity contribution is 5.94. The van der Waals surface area contributed by atoms with Crippen molar-refractivity contribution in [2.75, 3.05) is 13.1 Å². The quantitative estimate of drug-likeness (QED) is 0.853. The molecule has 6 nitrogen and oxygen atoms in total. The van der Waals surface area contributed by atoms with E-state index in [1.54, 1.807) is 0 Å². The van der Waals surface area contributed by atoms with Crippen LogP contribution in [0.25, 0.3) is 0 Å². The molecular formula is C19H24N2O4. The van der Waals surface area contributed by atoms with E-state index >= 15 is 0 Å². The highest BCUT2D eigenvalue weighted by Gasteiger charge is 2.48. The summed E-state index contributed by atoms with van der Waals surface area (Å²) >= 11 is 0. The molecule has 0 saturated carbocycles. The van der Waals surface area contributed by atoms with E-state index in [4.69, 9.17) is 9.47 Å². The Morgan fingerprint density at radius 2 is 2.08 bits per heavy atom. The molecule has 25 heavy (non-hydrogen) atoms. The van der Waals surface area contributed by atoms with E-state index in [9.17, 15) is 9.90 Å². The van der Waals surface area contributed by atoms with Crippen LogP contribution in [-0.4, -0.2) is 47.4 Å². The van der Waals surface area contributed by atoms with Crippen LogP contribution in [0.1, 0.15) is 54.9 Å². The van der Waals surface area contributed by atoms with Crippen LogP contribution in [0, 0.1) is 0 Å². The van der Waals surface area contributed by atoms with Crippen molar-refractivity contribution in [2.45, 2.75) is 57.0 Å². The SMILES string of the molecule is CCCCC1OC(N2CCC3(CC2)OC(=O)c2ccccc23)=NC1O. The third-order valence-electron chi connectivity index (χ3n) is 5.44. The van der Waals surface area contributed by atoms with Gasteiger partial charge < -0.3 is 19.5 Å². The number of ether oxygens (including phenoxy) is 2. The number of benzene rings is 1. The summed E-state index contributed by atoms with van der Waals surface area (Å²) in [6.45, 7) is 3.50. The van der Waals surface area contributed by atoms with Gasteiger partial charge in [0.25, 0.3) is 6.02 Å². The third kappa shape index (κ3) is 2.78. The molecule has 3 aliphatic rings. The van der Waals surface area contributed by atoms with Crippen molar-refractivity contribution in [3.05, 3.63) is 35.4 Å². The summed E-state index contributed by atoms with van der Waals surface area (Å²) in [4.78, 5) is 18.5. The second-order valence-electron chi connectivity index (χ2n) is 7.04. The van der Waals surface area contributed by atoms with Gasteiger partial charge in [0.1, 0.15) is 11.7 Å². The van der Waals surface area contributed by atoms with E-state index < -0.39 is 11.8 Å². The average Bonchev–Trinajstić information content (AvgIpc) is 3.13. The summed E-state index contributed by atoms with van der Waals surface area (Å²) in [5.74, 6) is -0.228. The number of aliphatic hydroxyl groups excluding tert-OH is 1. The van der Waals surface area contributed by atoms with E-state index in [0.717, 1.165) is 24.8 Å². The number of hydrogen-bond donors (Lipinski definition) is 1. The lowest BCUT2D eigenvalue weighted by Crippen LogP contribution is -2.45. The maximum Gasteiger partial charge on any atom is 0.339 e. The predicted octanol–water partition coefficient (Wildman–Crippen LogP) is 2.41. The minimum Gasteiger partial charge on any atom is -0.457 e. The van der Waals surface area contributed by atoms with Gasteiger partial charge in [-0.3, -0.25) is 0 Å². The molecule has 3 heterocycles. The van der Waals surface area contributed by atoms with Crippen LogP contribution in [0.2, 0.25) is 0 Å². The Balaban J connectivity index is 1.43. The maximum atomic E-state index is 12.1. The fourth-order valence-corrected chi connectivity index (χ4v) is 3.97. The van der Waals surface area contributed by atoms with Crippen molar-refractivity contribution in [1.29, 1.82) is 0 Å². The standard InChI is InChI=1S/C19H24N2O4/c1-2-3-8-15-16(22)20-18(24-15)21-11-9-19(10-12-21)14-7-5-4-6-13(14)17(23)25-19/h4-7,15-16,22H,2-3,8-12H2,1H3. The molecule has 1 N–H and O–H groups in total. The molecule has 1 fully saturated rings. The third-order valence-corrected chi connectivity index (χ3v) is 5.44. The highest BCUT2D eigenvalue weighted by atomic mass is 16.6. The van der Waals surface area contributed by atoms with Gasteiger partial charge in [0.05, 0.1) is 5.56 Å². The fraction of sp³-hybridized carbons (Fsp3) is 0.579. The van der Waals surface area contributed by atoms with E-state index in [0.29, 0.717) is 37.5 Å². The highest BCUT2D eigenvalue weighted by Crippen LogP contribution is 2.44. The number of carbonyl (C=O) groups excluding carboxylic acids is 1. The van der Waals surface area contributed by atoms with Gasteiger partial charge in [-0.2, -0.15) is 4.99 Å². The first kappa shape index (κ1) is 16.4. The van der Waals surface area contributed by atoms with Crippen LogP contribution in [0.4, 0.5) is 0 Å². The summed E-state index contributed by atoms with van der Waals surface area (Å²) in [6, 6.07) is 8.17. The van der Waals surface area contributed by atoms with Crippen LogP contribution < -0.4 is 0 Å². The molecular weight excluding hydrogens is 320 g/mol. The molecule has 6 heteroatoms. The Bertz CT molecular complexity index is 694. The van der Waals surface area contributed by atoms with Gasteiger partial charge >= 0.3 is 5.97 Å². The van der Waals surface area contributed by atoms with Crippen molar-refractivity contribution < 1.29 is 19.4 Å². The van der Waals surface area contributed by atoms with Crippen molar-refractivity contribution in [1.82, 2.24) is 4.90 Å². The molecule has 2 unspecified atom stereocenters. The Hall–Kier alpha value is -2.08. The smallest absolute Gasteiger partial charge is 0.339 e. The lowest BCUT2D eigenvalue weighted by atomic mass is 9.84. The van der Waals surface area contributed by atoms with Crippen LogP contribution in [0.3, 0.4) is 0 Å². The normalized spacial score (nSPS) is 27.0. The monoisotopic (exact) mass is 344 g/mol. The number of aliphatic imine (C=N–C) groups is 1. The summed E-state index contributed by atoms with van der Waals surface area (Å²) in [5.41, 5.74) is 1.15. The van der Waals surface area contributed by atoms with Gasteiger partial charge in [0.15, 0.2) is 6.23 Å². The molecule has 0 aromatic heterocycles. The van der Waals surface area contributed by atoms with Gasteiger partial charge in [-0.1, -0.05) is 31.5 Å². The summed E-state index contributed by atoms with van der Waals surface area (Å²) in [6.07, 6.45) is 3.28. The molecule has 1 aromatic rings. The van der Waals surface area contributed by atoms with E-state index in [2.05, 4.69) is 16.8 Å². The molecule has 134 valence electrons. The second kappa shape index (κ2) is 6.33. The van der Waals surface area contributed by atoms with Crippen molar-refractivity contribution in [3.8, 4) is 0 Å².